The molecule has 1 aliphatic heterocycles. The van der Waals surface area contributed by atoms with Crippen LogP contribution in [-0.4, -0.2) is 51.3 Å². The van der Waals surface area contributed by atoms with Gasteiger partial charge in [-0.05, 0) is 18.4 Å². The lowest BCUT2D eigenvalue weighted by Crippen LogP contribution is -2.58. The summed E-state index contributed by atoms with van der Waals surface area (Å²) in [5.74, 6) is -1.42. The summed E-state index contributed by atoms with van der Waals surface area (Å²) in [6, 6.07) is 8.26. The van der Waals surface area contributed by atoms with Gasteiger partial charge >= 0.3 is 5.97 Å². The first kappa shape index (κ1) is 23.3. The molecule has 1 saturated carbocycles. The van der Waals surface area contributed by atoms with E-state index in [-0.39, 0.29) is 10.4 Å². The molecule has 1 amide bonds. The molecule has 4 rings (SSSR count). The topological polar surface area (TPSA) is 115 Å². The van der Waals surface area contributed by atoms with E-state index in [1.807, 2.05) is 25.2 Å². The average molecular weight is 454 g/mol. The molecule has 3 N–H and O–H groups in total. The second-order valence-electron chi connectivity index (χ2n) is 9.48. The SMILES string of the molecule is C[N+]1(C(C(N)=O)c2cnccn2)CCCC1OC(=O)C(O)(c1ccccc1)C1CCCCC1. The number of nitrogens with two attached hydrogens (primary N) is 1. The van der Waals surface area contributed by atoms with Crippen LogP contribution in [0.5, 0.6) is 0 Å². The number of hydrogen-bond donors (Lipinski definition) is 2. The molecule has 1 saturated heterocycles. The van der Waals surface area contributed by atoms with Gasteiger partial charge in [0.25, 0.3) is 5.91 Å². The van der Waals surface area contributed by atoms with E-state index in [0.717, 1.165) is 38.5 Å². The normalized spacial score (nSPS) is 26.3. The van der Waals surface area contributed by atoms with Crippen molar-refractivity contribution in [3.05, 3.63) is 60.2 Å². The number of aliphatic hydroxyl groups is 1. The van der Waals surface area contributed by atoms with Crippen LogP contribution in [0.2, 0.25) is 0 Å². The maximum atomic E-state index is 13.7. The Hall–Kier alpha value is -2.84. The highest BCUT2D eigenvalue weighted by atomic mass is 16.6. The van der Waals surface area contributed by atoms with Crippen LogP contribution in [0.3, 0.4) is 0 Å². The number of carbonyl (C=O) groups is 2. The predicted molar refractivity (Wildman–Crippen MR) is 121 cm³/mol. The van der Waals surface area contributed by atoms with E-state index < -0.39 is 29.7 Å². The Balaban J connectivity index is 1.65. The highest BCUT2D eigenvalue weighted by molar-refractivity contribution is 5.82. The second-order valence-corrected chi connectivity index (χ2v) is 9.48. The first-order valence-electron chi connectivity index (χ1n) is 11.8. The number of likely N-dealkylation sites (N-methyl/N-ethyl adjacent to an activating group) is 1. The minimum atomic E-state index is -1.73. The van der Waals surface area contributed by atoms with E-state index in [1.54, 1.807) is 12.1 Å². The lowest BCUT2D eigenvalue weighted by molar-refractivity contribution is -0.959. The Morgan fingerprint density at radius 1 is 1.12 bits per heavy atom. The number of primary amides is 1. The van der Waals surface area contributed by atoms with Crippen molar-refractivity contribution in [1.82, 2.24) is 9.97 Å². The summed E-state index contributed by atoms with van der Waals surface area (Å²) in [6.07, 6.45) is 9.86. The third kappa shape index (κ3) is 4.37. The Morgan fingerprint density at radius 2 is 1.85 bits per heavy atom. The van der Waals surface area contributed by atoms with Crippen molar-refractivity contribution in [1.29, 1.82) is 0 Å². The molecule has 1 aromatic carbocycles. The van der Waals surface area contributed by atoms with Crippen LogP contribution < -0.4 is 5.73 Å². The summed E-state index contributed by atoms with van der Waals surface area (Å²) in [5, 5.41) is 11.9. The molecule has 0 spiro atoms. The van der Waals surface area contributed by atoms with Gasteiger partial charge in [-0.15, -0.1) is 0 Å². The van der Waals surface area contributed by atoms with Gasteiger partial charge in [0.2, 0.25) is 12.3 Å². The predicted octanol–water partition coefficient (Wildman–Crippen LogP) is 2.58. The summed E-state index contributed by atoms with van der Waals surface area (Å²) in [6.45, 7) is 0.593. The Labute approximate surface area is 194 Å². The lowest BCUT2D eigenvalue weighted by Gasteiger charge is -2.42. The summed E-state index contributed by atoms with van der Waals surface area (Å²) in [7, 11) is 1.86. The number of quaternary nitrogens is 1. The molecule has 2 aliphatic rings. The highest BCUT2D eigenvalue weighted by Gasteiger charge is 2.54. The summed E-state index contributed by atoms with van der Waals surface area (Å²) >= 11 is 0. The number of rotatable bonds is 7. The van der Waals surface area contributed by atoms with Crippen LogP contribution in [0.15, 0.2) is 48.9 Å². The van der Waals surface area contributed by atoms with E-state index in [4.69, 9.17) is 10.5 Å². The van der Waals surface area contributed by atoms with E-state index in [2.05, 4.69) is 9.97 Å². The number of carbonyl (C=O) groups excluding carboxylic acids is 2. The molecule has 33 heavy (non-hydrogen) atoms. The summed E-state index contributed by atoms with van der Waals surface area (Å²) in [5.41, 5.74) is 5.07. The van der Waals surface area contributed by atoms with Gasteiger partial charge in [0, 0.05) is 31.2 Å². The van der Waals surface area contributed by atoms with E-state index in [0.29, 0.717) is 24.2 Å². The average Bonchev–Trinajstić information content (AvgIpc) is 3.20. The van der Waals surface area contributed by atoms with E-state index in [9.17, 15) is 14.7 Å². The van der Waals surface area contributed by atoms with Crippen LogP contribution in [0.4, 0.5) is 0 Å². The number of likely N-dealkylation sites (tertiary alicyclic amines) is 1. The van der Waals surface area contributed by atoms with Crippen molar-refractivity contribution in [3.8, 4) is 0 Å². The highest BCUT2D eigenvalue weighted by Crippen LogP contribution is 2.43. The number of esters is 1. The van der Waals surface area contributed by atoms with Gasteiger partial charge < -0.3 is 15.6 Å². The fourth-order valence-corrected chi connectivity index (χ4v) is 5.66. The number of nitrogens with zero attached hydrogens (tertiary/aromatic N) is 3. The maximum absolute atomic E-state index is 13.7. The molecule has 1 aliphatic carbocycles. The number of ether oxygens (including phenoxy) is 1. The van der Waals surface area contributed by atoms with Gasteiger partial charge in [-0.2, -0.15) is 0 Å². The number of aromatic nitrogens is 2. The molecular formula is C25H33N4O4+. The van der Waals surface area contributed by atoms with Gasteiger partial charge in [0.05, 0.1) is 19.8 Å². The maximum Gasteiger partial charge on any atom is 0.347 e. The molecule has 2 aromatic rings. The van der Waals surface area contributed by atoms with Crippen LogP contribution in [-0.2, 0) is 19.9 Å². The largest absolute Gasteiger partial charge is 0.410 e. The second kappa shape index (κ2) is 9.57. The van der Waals surface area contributed by atoms with Crippen molar-refractivity contribution >= 4 is 11.9 Å². The number of hydrogen-bond acceptors (Lipinski definition) is 6. The molecule has 8 nitrogen and oxygen atoms in total. The monoisotopic (exact) mass is 453 g/mol. The molecule has 8 heteroatoms. The molecular weight excluding hydrogens is 420 g/mol. The van der Waals surface area contributed by atoms with E-state index in [1.165, 1.54) is 18.6 Å². The molecule has 0 bridgehead atoms. The van der Waals surface area contributed by atoms with Crippen LogP contribution in [0, 0.1) is 5.92 Å². The zero-order valence-corrected chi connectivity index (χ0v) is 19.1. The standard InChI is InChI=1S/C25H32N4O4/c1-29(22(23(26)30)20-17-27-14-15-28-20)16-8-13-21(29)33-24(31)25(32,18-9-4-2-5-10-18)19-11-6-3-7-12-19/h2,4-5,9-10,14-15,17,19,21-22,32H,3,6-8,11-13,16H2,1H3,(H-,26,30)/p+1. The molecule has 4 atom stereocenters. The first-order valence-corrected chi connectivity index (χ1v) is 11.8. The van der Waals surface area contributed by atoms with Crippen molar-refractivity contribution < 1.29 is 23.9 Å². The van der Waals surface area contributed by atoms with Crippen molar-refractivity contribution in [2.24, 2.45) is 11.7 Å². The van der Waals surface area contributed by atoms with Gasteiger partial charge in [-0.3, -0.25) is 19.2 Å². The Kier molecular flexibility index (Phi) is 6.76. The zero-order valence-electron chi connectivity index (χ0n) is 19.1. The van der Waals surface area contributed by atoms with Gasteiger partial charge in [0.1, 0.15) is 5.69 Å². The molecule has 176 valence electrons. The zero-order chi connectivity index (χ0) is 23.5. The van der Waals surface area contributed by atoms with Crippen molar-refractivity contribution in [2.75, 3.05) is 13.6 Å². The third-order valence-corrected chi connectivity index (χ3v) is 7.44. The Bertz CT molecular complexity index is 967. The molecule has 4 unspecified atom stereocenters. The minimum absolute atomic E-state index is 0.0926. The fourth-order valence-electron chi connectivity index (χ4n) is 5.66. The number of benzene rings is 1. The third-order valence-electron chi connectivity index (χ3n) is 7.44. The van der Waals surface area contributed by atoms with Crippen molar-refractivity contribution in [2.45, 2.75) is 62.8 Å². The molecule has 2 fully saturated rings. The fraction of sp³-hybridized carbons (Fsp3) is 0.520. The molecule has 0 radical (unpaired) electrons. The summed E-state index contributed by atoms with van der Waals surface area (Å²) in [4.78, 5) is 34.6. The van der Waals surface area contributed by atoms with Gasteiger partial charge in [-0.1, -0.05) is 49.6 Å². The number of amides is 1. The van der Waals surface area contributed by atoms with Crippen LogP contribution in [0.1, 0.15) is 62.2 Å². The van der Waals surface area contributed by atoms with Crippen LogP contribution >= 0.6 is 0 Å². The first-order chi connectivity index (χ1) is 15.9. The van der Waals surface area contributed by atoms with Crippen molar-refractivity contribution in [3.63, 3.8) is 0 Å². The quantitative estimate of drug-likeness (QED) is 0.492. The summed E-state index contributed by atoms with van der Waals surface area (Å²) < 4.78 is 6.17. The van der Waals surface area contributed by atoms with E-state index >= 15 is 0 Å². The van der Waals surface area contributed by atoms with Gasteiger partial charge in [-0.25, -0.2) is 4.79 Å². The minimum Gasteiger partial charge on any atom is -0.410 e. The molecule has 2 heterocycles. The molecule has 1 aromatic heterocycles. The van der Waals surface area contributed by atoms with Gasteiger partial charge in [0.15, 0.2) is 5.60 Å². The lowest BCUT2D eigenvalue weighted by atomic mass is 9.73. The Morgan fingerprint density at radius 3 is 2.48 bits per heavy atom. The van der Waals surface area contributed by atoms with Crippen LogP contribution in [0.25, 0.3) is 0 Å². The smallest absolute Gasteiger partial charge is 0.347 e.